The van der Waals surface area contributed by atoms with Crippen LogP contribution in [0.2, 0.25) is 0 Å². The fraction of sp³-hybridized carbons (Fsp3) is 0.417. The van der Waals surface area contributed by atoms with E-state index in [1.165, 1.54) is 7.11 Å². The first-order chi connectivity index (χ1) is 7.45. The number of aryl methyl sites for hydroxylation is 1. The molecule has 1 atom stereocenters. The molecule has 0 saturated heterocycles. The number of aliphatic carboxylic acids is 1. The molecule has 88 valence electrons. The molecule has 1 unspecified atom stereocenters. The minimum absolute atomic E-state index is 0.0937. The van der Waals surface area contributed by atoms with E-state index in [1.54, 1.807) is 26.0 Å². The summed E-state index contributed by atoms with van der Waals surface area (Å²) in [6.07, 6.45) is -0.0937. The van der Waals surface area contributed by atoms with Gasteiger partial charge in [0.05, 0.1) is 13.5 Å². The van der Waals surface area contributed by atoms with E-state index in [0.717, 1.165) is 0 Å². The smallest absolute Gasteiger partial charge is 0.303 e. The summed E-state index contributed by atoms with van der Waals surface area (Å²) in [5.74, 6) is -1.11. The van der Waals surface area contributed by atoms with Gasteiger partial charge in [-0.3, -0.25) is 4.79 Å². The molecule has 0 aliphatic carbocycles. The van der Waals surface area contributed by atoms with E-state index in [-0.39, 0.29) is 18.2 Å². The Balaban J connectivity index is 3.10. The molecule has 0 spiro atoms. The van der Waals surface area contributed by atoms with Crippen molar-refractivity contribution >= 4 is 5.97 Å². The van der Waals surface area contributed by atoms with Gasteiger partial charge in [-0.25, -0.2) is 4.39 Å². The van der Waals surface area contributed by atoms with E-state index in [1.807, 2.05) is 0 Å². The maximum Gasteiger partial charge on any atom is 0.303 e. The Morgan fingerprint density at radius 3 is 2.69 bits per heavy atom. The van der Waals surface area contributed by atoms with Crippen molar-refractivity contribution in [3.8, 4) is 5.75 Å². The molecule has 1 N–H and O–H groups in total. The number of carboxylic acid groups (broad SMARTS) is 1. The fourth-order valence-corrected chi connectivity index (χ4v) is 1.61. The van der Waals surface area contributed by atoms with Gasteiger partial charge in [0.25, 0.3) is 0 Å². The first kappa shape index (κ1) is 12.5. The highest BCUT2D eigenvalue weighted by atomic mass is 19.1. The number of methoxy groups -OCH3 is 1. The van der Waals surface area contributed by atoms with Crippen molar-refractivity contribution < 1.29 is 19.0 Å². The predicted octanol–water partition coefficient (Wildman–Crippen LogP) is 2.72. The Morgan fingerprint density at radius 1 is 1.56 bits per heavy atom. The van der Waals surface area contributed by atoms with Gasteiger partial charge < -0.3 is 9.84 Å². The number of ether oxygens (including phenoxy) is 1. The number of rotatable bonds is 4. The lowest BCUT2D eigenvalue weighted by molar-refractivity contribution is -0.137. The molecule has 1 rings (SSSR count). The third-order valence-electron chi connectivity index (χ3n) is 2.50. The van der Waals surface area contributed by atoms with Crippen molar-refractivity contribution in [2.45, 2.75) is 26.2 Å². The standard InChI is InChI=1S/C12H15FO3/c1-7(5-11(14)15)10-6-9(16-3)4-8(2)12(10)13/h4,6-7H,5H2,1-3H3,(H,14,15). The lowest BCUT2D eigenvalue weighted by Crippen LogP contribution is -2.06. The second-order valence-corrected chi connectivity index (χ2v) is 3.85. The molecular weight excluding hydrogens is 211 g/mol. The molecule has 1 aromatic carbocycles. The Morgan fingerprint density at radius 2 is 2.19 bits per heavy atom. The van der Waals surface area contributed by atoms with Gasteiger partial charge in [-0.1, -0.05) is 6.92 Å². The summed E-state index contributed by atoms with van der Waals surface area (Å²) < 4.78 is 18.8. The van der Waals surface area contributed by atoms with Crippen LogP contribution in [0.25, 0.3) is 0 Å². The van der Waals surface area contributed by atoms with Gasteiger partial charge in [0.15, 0.2) is 0 Å². The van der Waals surface area contributed by atoms with E-state index in [9.17, 15) is 9.18 Å². The van der Waals surface area contributed by atoms with Gasteiger partial charge in [0, 0.05) is 0 Å². The first-order valence-corrected chi connectivity index (χ1v) is 5.01. The number of benzene rings is 1. The maximum atomic E-state index is 13.8. The van der Waals surface area contributed by atoms with Crippen LogP contribution in [0.15, 0.2) is 12.1 Å². The molecule has 3 nitrogen and oxygen atoms in total. The SMILES string of the molecule is COc1cc(C)c(F)c(C(C)CC(=O)O)c1. The number of halogens is 1. The summed E-state index contributed by atoms with van der Waals surface area (Å²) >= 11 is 0. The number of hydrogen-bond acceptors (Lipinski definition) is 2. The molecule has 0 saturated carbocycles. The van der Waals surface area contributed by atoms with Crippen LogP contribution < -0.4 is 4.74 Å². The van der Waals surface area contributed by atoms with Gasteiger partial charge in [0.2, 0.25) is 0 Å². The third-order valence-corrected chi connectivity index (χ3v) is 2.50. The van der Waals surface area contributed by atoms with E-state index in [4.69, 9.17) is 9.84 Å². The van der Waals surface area contributed by atoms with Gasteiger partial charge >= 0.3 is 5.97 Å². The minimum atomic E-state index is -0.938. The highest BCUT2D eigenvalue weighted by Crippen LogP contribution is 2.28. The number of carbonyl (C=O) groups is 1. The molecule has 16 heavy (non-hydrogen) atoms. The summed E-state index contributed by atoms with van der Waals surface area (Å²) in [5.41, 5.74) is 0.853. The fourth-order valence-electron chi connectivity index (χ4n) is 1.61. The van der Waals surface area contributed by atoms with Crippen molar-refractivity contribution in [3.63, 3.8) is 0 Å². The van der Waals surface area contributed by atoms with Crippen molar-refractivity contribution in [2.75, 3.05) is 7.11 Å². The molecule has 0 aliphatic heterocycles. The first-order valence-electron chi connectivity index (χ1n) is 5.01. The molecule has 0 bridgehead atoms. The highest BCUT2D eigenvalue weighted by Gasteiger charge is 2.17. The summed E-state index contributed by atoms with van der Waals surface area (Å²) in [6.45, 7) is 3.32. The highest BCUT2D eigenvalue weighted by molar-refractivity contribution is 5.68. The van der Waals surface area contributed by atoms with Crippen LogP contribution in [-0.4, -0.2) is 18.2 Å². The Hall–Kier alpha value is -1.58. The van der Waals surface area contributed by atoms with Crippen molar-refractivity contribution in [2.24, 2.45) is 0 Å². The molecule has 0 heterocycles. The second kappa shape index (κ2) is 4.96. The lowest BCUT2D eigenvalue weighted by Gasteiger charge is -2.13. The normalized spacial score (nSPS) is 12.2. The summed E-state index contributed by atoms with van der Waals surface area (Å²) in [4.78, 5) is 10.6. The van der Waals surface area contributed by atoms with E-state index >= 15 is 0 Å². The molecule has 4 heteroatoms. The van der Waals surface area contributed by atoms with Gasteiger partial charge in [0.1, 0.15) is 11.6 Å². The van der Waals surface area contributed by atoms with Gasteiger partial charge in [-0.2, -0.15) is 0 Å². The average molecular weight is 226 g/mol. The maximum absolute atomic E-state index is 13.8. The van der Waals surface area contributed by atoms with E-state index < -0.39 is 5.97 Å². The Labute approximate surface area is 93.9 Å². The molecular formula is C12H15FO3. The zero-order chi connectivity index (χ0) is 12.3. The van der Waals surface area contributed by atoms with Crippen LogP contribution >= 0.6 is 0 Å². The molecule has 1 aromatic rings. The number of carboxylic acids is 1. The summed E-state index contributed by atoms with van der Waals surface area (Å²) in [5, 5.41) is 8.68. The summed E-state index contributed by atoms with van der Waals surface area (Å²) in [7, 11) is 1.50. The molecule has 0 amide bonds. The van der Waals surface area contributed by atoms with Crippen LogP contribution in [0, 0.1) is 12.7 Å². The van der Waals surface area contributed by atoms with Crippen molar-refractivity contribution in [3.05, 3.63) is 29.1 Å². The summed E-state index contributed by atoms with van der Waals surface area (Å²) in [6, 6.07) is 3.14. The predicted molar refractivity (Wildman–Crippen MR) is 58.4 cm³/mol. The molecule has 0 radical (unpaired) electrons. The Kier molecular flexibility index (Phi) is 3.88. The number of hydrogen-bond donors (Lipinski definition) is 1. The van der Waals surface area contributed by atoms with Crippen LogP contribution in [0.4, 0.5) is 4.39 Å². The van der Waals surface area contributed by atoms with Crippen LogP contribution in [0.1, 0.15) is 30.4 Å². The zero-order valence-electron chi connectivity index (χ0n) is 9.58. The second-order valence-electron chi connectivity index (χ2n) is 3.85. The minimum Gasteiger partial charge on any atom is -0.497 e. The topological polar surface area (TPSA) is 46.5 Å². The quantitative estimate of drug-likeness (QED) is 0.858. The third kappa shape index (κ3) is 2.72. The molecule has 0 fully saturated rings. The van der Waals surface area contributed by atoms with Crippen LogP contribution in [0.5, 0.6) is 5.75 Å². The van der Waals surface area contributed by atoms with Crippen molar-refractivity contribution in [1.82, 2.24) is 0 Å². The average Bonchev–Trinajstić information content (AvgIpc) is 2.20. The van der Waals surface area contributed by atoms with E-state index in [2.05, 4.69) is 0 Å². The Bertz CT molecular complexity index is 401. The van der Waals surface area contributed by atoms with Gasteiger partial charge in [-0.05, 0) is 36.1 Å². The molecule has 0 aliphatic rings. The van der Waals surface area contributed by atoms with Gasteiger partial charge in [-0.15, -0.1) is 0 Å². The lowest BCUT2D eigenvalue weighted by atomic mass is 9.95. The molecule has 0 aromatic heterocycles. The van der Waals surface area contributed by atoms with Crippen molar-refractivity contribution in [1.29, 1.82) is 0 Å². The van der Waals surface area contributed by atoms with E-state index in [0.29, 0.717) is 16.9 Å². The van der Waals surface area contributed by atoms with Crippen LogP contribution in [-0.2, 0) is 4.79 Å². The zero-order valence-corrected chi connectivity index (χ0v) is 9.58. The van der Waals surface area contributed by atoms with Crippen LogP contribution in [0.3, 0.4) is 0 Å². The largest absolute Gasteiger partial charge is 0.497 e. The monoisotopic (exact) mass is 226 g/mol.